The minimum absolute atomic E-state index is 0.196. The van der Waals surface area contributed by atoms with Crippen LogP contribution in [0.25, 0.3) is 0 Å². The molecule has 6 nitrogen and oxygen atoms in total. The zero-order chi connectivity index (χ0) is 14.1. The summed E-state index contributed by atoms with van der Waals surface area (Å²) >= 11 is 1.37. The molecule has 1 rings (SSSR count). The van der Waals surface area contributed by atoms with Crippen molar-refractivity contribution in [1.29, 1.82) is 0 Å². The lowest BCUT2D eigenvalue weighted by molar-refractivity contribution is 0.0473. The second kappa shape index (κ2) is 9.17. The van der Waals surface area contributed by atoms with Gasteiger partial charge in [-0.2, -0.15) is 0 Å². The van der Waals surface area contributed by atoms with Crippen LogP contribution in [0.5, 0.6) is 0 Å². The van der Waals surface area contributed by atoms with E-state index in [4.69, 9.17) is 4.74 Å². The number of nitrogens with one attached hydrogen (secondary N) is 1. The molecule has 110 valence electrons. The summed E-state index contributed by atoms with van der Waals surface area (Å²) in [5.74, 6) is 0.472. The average molecular weight is 289 g/mol. The standard InChI is InChI=1S/C12H23N3O3S/c1-3-5-7-18-8-10(16)9-19-12-14-13-11(17)15(12)6-4-2/h10,16H,3-9H2,1-2H3,(H,13,17). The number of aromatic nitrogens is 3. The number of aliphatic hydroxyl groups is 1. The van der Waals surface area contributed by atoms with E-state index in [2.05, 4.69) is 17.1 Å². The molecule has 19 heavy (non-hydrogen) atoms. The number of H-pyrrole nitrogens is 1. The van der Waals surface area contributed by atoms with Gasteiger partial charge in [-0.05, 0) is 12.8 Å². The molecule has 1 heterocycles. The molecule has 0 aromatic carbocycles. The molecule has 0 saturated heterocycles. The molecule has 0 aliphatic carbocycles. The van der Waals surface area contributed by atoms with Crippen LogP contribution in [0.3, 0.4) is 0 Å². The second-order valence-electron chi connectivity index (χ2n) is 4.36. The topological polar surface area (TPSA) is 80.1 Å². The number of nitrogens with zero attached hydrogens (tertiary/aromatic N) is 2. The molecular weight excluding hydrogens is 266 g/mol. The number of aliphatic hydroxyl groups excluding tert-OH is 1. The van der Waals surface area contributed by atoms with Gasteiger partial charge in [-0.25, -0.2) is 9.89 Å². The normalized spacial score (nSPS) is 12.8. The SMILES string of the molecule is CCCCOCC(O)CSc1n[nH]c(=O)n1CCC. The second-order valence-corrected chi connectivity index (χ2v) is 5.34. The van der Waals surface area contributed by atoms with Crippen molar-refractivity contribution in [2.75, 3.05) is 19.0 Å². The van der Waals surface area contributed by atoms with Crippen molar-refractivity contribution in [3.63, 3.8) is 0 Å². The summed E-state index contributed by atoms with van der Waals surface area (Å²) in [5, 5.41) is 16.8. The Bertz CT molecular complexity index is 405. The Labute approximate surface area is 117 Å². The highest BCUT2D eigenvalue weighted by Crippen LogP contribution is 2.14. The number of rotatable bonds is 10. The van der Waals surface area contributed by atoms with Crippen LogP contribution in [0, 0.1) is 0 Å². The molecule has 0 fully saturated rings. The predicted molar refractivity (Wildman–Crippen MR) is 75.6 cm³/mol. The average Bonchev–Trinajstić information content (AvgIpc) is 2.74. The summed E-state index contributed by atoms with van der Waals surface area (Å²) in [5.41, 5.74) is -0.196. The van der Waals surface area contributed by atoms with E-state index in [1.807, 2.05) is 6.92 Å². The maximum absolute atomic E-state index is 11.5. The van der Waals surface area contributed by atoms with Crippen molar-refractivity contribution in [3.8, 4) is 0 Å². The Balaban J connectivity index is 2.33. The van der Waals surface area contributed by atoms with E-state index in [0.717, 1.165) is 19.3 Å². The van der Waals surface area contributed by atoms with Crippen LogP contribution < -0.4 is 5.69 Å². The van der Waals surface area contributed by atoms with Gasteiger partial charge in [0.1, 0.15) is 0 Å². The van der Waals surface area contributed by atoms with E-state index in [9.17, 15) is 9.90 Å². The van der Waals surface area contributed by atoms with Crippen LogP contribution in [0.15, 0.2) is 9.95 Å². The monoisotopic (exact) mass is 289 g/mol. The molecule has 1 aromatic rings. The summed E-state index contributed by atoms with van der Waals surface area (Å²) in [6.45, 7) is 5.75. The van der Waals surface area contributed by atoms with E-state index < -0.39 is 6.10 Å². The third kappa shape index (κ3) is 5.80. The molecule has 0 saturated carbocycles. The number of unbranched alkanes of at least 4 members (excludes halogenated alkanes) is 1. The van der Waals surface area contributed by atoms with Crippen molar-refractivity contribution < 1.29 is 9.84 Å². The molecule has 0 bridgehead atoms. The van der Waals surface area contributed by atoms with Gasteiger partial charge in [0.05, 0.1) is 12.7 Å². The van der Waals surface area contributed by atoms with E-state index in [0.29, 0.717) is 30.7 Å². The van der Waals surface area contributed by atoms with E-state index in [1.54, 1.807) is 4.57 Å². The first kappa shape index (κ1) is 16.3. The van der Waals surface area contributed by atoms with Gasteiger partial charge in [0.15, 0.2) is 5.16 Å². The van der Waals surface area contributed by atoms with Crippen LogP contribution in [0.4, 0.5) is 0 Å². The summed E-state index contributed by atoms with van der Waals surface area (Å²) < 4.78 is 6.94. The first-order valence-corrected chi connectivity index (χ1v) is 7.71. The predicted octanol–water partition coefficient (Wildman–Crippen LogP) is 1.25. The zero-order valence-electron chi connectivity index (χ0n) is 11.6. The molecule has 1 atom stereocenters. The van der Waals surface area contributed by atoms with Crippen LogP contribution in [0.1, 0.15) is 33.1 Å². The molecule has 2 N–H and O–H groups in total. The van der Waals surface area contributed by atoms with Crippen LogP contribution in [-0.2, 0) is 11.3 Å². The van der Waals surface area contributed by atoms with Crippen LogP contribution in [-0.4, -0.2) is 44.9 Å². The summed E-state index contributed by atoms with van der Waals surface area (Å²) in [6.07, 6.45) is 2.43. The number of hydrogen-bond donors (Lipinski definition) is 2. The van der Waals surface area contributed by atoms with E-state index >= 15 is 0 Å². The molecule has 1 unspecified atom stereocenters. The zero-order valence-corrected chi connectivity index (χ0v) is 12.4. The largest absolute Gasteiger partial charge is 0.390 e. The van der Waals surface area contributed by atoms with E-state index in [1.165, 1.54) is 11.8 Å². The molecular formula is C12H23N3O3S. The fourth-order valence-corrected chi connectivity index (χ4v) is 2.40. The molecule has 1 aromatic heterocycles. The van der Waals surface area contributed by atoms with E-state index in [-0.39, 0.29) is 5.69 Å². The minimum Gasteiger partial charge on any atom is -0.390 e. The number of ether oxygens (including phenoxy) is 1. The van der Waals surface area contributed by atoms with Crippen LogP contribution in [0.2, 0.25) is 0 Å². The summed E-state index contributed by atoms with van der Waals surface area (Å²) in [7, 11) is 0. The highest BCUT2D eigenvalue weighted by atomic mass is 32.2. The van der Waals surface area contributed by atoms with Crippen LogP contribution >= 0.6 is 11.8 Å². The lowest BCUT2D eigenvalue weighted by Crippen LogP contribution is -2.20. The number of thioether (sulfide) groups is 1. The highest BCUT2D eigenvalue weighted by molar-refractivity contribution is 7.99. The smallest absolute Gasteiger partial charge is 0.343 e. The molecule has 0 aliphatic heterocycles. The van der Waals surface area contributed by atoms with Gasteiger partial charge in [-0.3, -0.25) is 4.57 Å². The lowest BCUT2D eigenvalue weighted by atomic mass is 10.3. The van der Waals surface area contributed by atoms with Gasteiger partial charge < -0.3 is 9.84 Å². The van der Waals surface area contributed by atoms with Gasteiger partial charge in [-0.15, -0.1) is 5.10 Å². The minimum atomic E-state index is -0.538. The number of aromatic amines is 1. The van der Waals surface area contributed by atoms with Crippen molar-refractivity contribution in [3.05, 3.63) is 10.5 Å². The Morgan fingerprint density at radius 3 is 2.95 bits per heavy atom. The maximum atomic E-state index is 11.5. The van der Waals surface area contributed by atoms with Gasteiger partial charge in [0.2, 0.25) is 0 Å². The third-order valence-corrected chi connectivity index (χ3v) is 3.65. The summed E-state index contributed by atoms with van der Waals surface area (Å²) in [6, 6.07) is 0. The molecule has 7 heteroatoms. The Morgan fingerprint density at radius 2 is 2.26 bits per heavy atom. The first-order valence-electron chi connectivity index (χ1n) is 6.72. The number of hydrogen-bond acceptors (Lipinski definition) is 5. The van der Waals surface area contributed by atoms with Gasteiger partial charge in [0, 0.05) is 18.9 Å². The Morgan fingerprint density at radius 1 is 1.47 bits per heavy atom. The maximum Gasteiger partial charge on any atom is 0.343 e. The Hall–Kier alpha value is -0.790. The molecule has 0 radical (unpaired) electrons. The molecule has 0 aliphatic rings. The summed E-state index contributed by atoms with van der Waals surface area (Å²) in [4.78, 5) is 11.5. The van der Waals surface area contributed by atoms with Crippen molar-refractivity contribution in [2.45, 2.75) is 50.9 Å². The van der Waals surface area contributed by atoms with Gasteiger partial charge in [-0.1, -0.05) is 32.0 Å². The molecule has 0 spiro atoms. The van der Waals surface area contributed by atoms with Crippen molar-refractivity contribution in [1.82, 2.24) is 14.8 Å². The quantitative estimate of drug-likeness (QED) is 0.500. The fourth-order valence-electron chi connectivity index (χ4n) is 1.52. The molecule has 0 amide bonds. The first-order chi connectivity index (χ1) is 9.19. The third-order valence-electron chi connectivity index (χ3n) is 2.53. The highest BCUT2D eigenvalue weighted by Gasteiger charge is 2.11. The van der Waals surface area contributed by atoms with Crippen molar-refractivity contribution >= 4 is 11.8 Å². The lowest BCUT2D eigenvalue weighted by Gasteiger charge is -2.10. The fraction of sp³-hybridized carbons (Fsp3) is 0.833. The van der Waals surface area contributed by atoms with Crippen molar-refractivity contribution in [2.24, 2.45) is 0 Å². The Kier molecular flexibility index (Phi) is 7.85. The van der Waals surface area contributed by atoms with Gasteiger partial charge in [0.25, 0.3) is 0 Å². The van der Waals surface area contributed by atoms with Gasteiger partial charge >= 0.3 is 5.69 Å².